The summed E-state index contributed by atoms with van der Waals surface area (Å²) in [5.41, 5.74) is 0. The van der Waals surface area contributed by atoms with Crippen molar-refractivity contribution in [3.8, 4) is 0 Å². The van der Waals surface area contributed by atoms with Gasteiger partial charge in [0.05, 0.1) is 6.61 Å². The van der Waals surface area contributed by atoms with Gasteiger partial charge in [0.25, 0.3) is 0 Å². The van der Waals surface area contributed by atoms with Crippen molar-refractivity contribution in [3.05, 3.63) is 30.3 Å². The van der Waals surface area contributed by atoms with Gasteiger partial charge in [-0.05, 0) is 37.7 Å². The van der Waals surface area contributed by atoms with Gasteiger partial charge in [0.1, 0.15) is 0 Å². The molecular weight excluding hydrogens is 312 g/mol. The SMILES string of the molecule is CCOC(=O)N1CC[C@@H](NC(=O)CCCSc2ccccc2)C1. The van der Waals surface area contributed by atoms with Crippen molar-refractivity contribution in [2.75, 3.05) is 25.4 Å². The fraction of sp³-hybridized carbons (Fsp3) is 0.529. The topological polar surface area (TPSA) is 58.6 Å². The lowest BCUT2D eigenvalue weighted by Gasteiger charge is -2.16. The largest absolute Gasteiger partial charge is 0.450 e. The third-order valence-electron chi connectivity index (χ3n) is 3.64. The number of thioether (sulfide) groups is 1. The van der Waals surface area contributed by atoms with Crippen LogP contribution in [0, 0.1) is 0 Å². The van der Waals surface area contributed by atoms with Gasteiger partial charge in [-0.3, -0.25) is 4.79 Å². The van der Waals surface area contributed by atoms with Crippen LogP contribution in [0.2, 0.25) is 0 Å². The lowest BCUT2D eigenvalue weighted by Crippen LogP contribution is -2.38. The molecule has 23 heavy (non-hydrogen) atoms. The highest BCUT2D eigenvalue weighted by molar-refractivity contribution is 7.99. The molecule has 0 unspecified atom stereocenters. The van der Waals surface area contributed by atoms with Gasteiger partial charge in [-0.1, -0.05) is 18.2 Å². The van der Waals surface area contributed by atoms with Crippen molar-refractivity contribution >= 4 is 23.8 Å². The molecule has 1 aromatic carbocycles. The van der Waals surface area contributed by atoms with Crippen LogP contribution >= 0.6 is 11.8 Å². The molecule has 0 bridgehead atoms. The molecule has 2 rings (SSSR count). The Morgan fingerprint density at radius 1 is 1.35 bits per heavy atom. The van der Waals surface area contributed by atoms with E-state index in [0.29, 0.717) is 26.1 Å². The Kier molecular flexibility index (Phi) is 7.26. The van der Waals surface area contributed by atoms with Gasteiger partial charge in [-0.15, -0.1) is 11.8 Å². The maximum atomic E-state index is 12.0. The molecule has 6 heteroatoms. The Balaban J connectivity index is 1.59. The summed E-state index contributed by atoms with van der Waals surface area (Å²) in [6.07, 6.45) is 1.88. The van der Waals surface area contributed by atoms with Gasteiger partial charge in [0.2, 0.25) is 5.91 Å². The molecule has 1 heterocycles. The molecule has 1 aliphatic rings. The Morgan fingerprint density at radius 3 is 2.87 bits per heavy atom. The average molecular weight is 336 g/mol. The molecule has 0 spiro atoms. The maximum absolute atomic E-state index is 12.0. The van der Waals surface area contributed by atoms with E-state index >= 15 is 0 Å². The number of likely N-dealkylation sites (tertiary alicyclic amines) is 1. The summed E-state index contributed by atoms with van der Waals surface area (Å²) in [7, 11) is 0. The van der Waals surface area contributed by atoms with E-state index in [2.05, 4.69) is 17.4 Å². The molecule has 0 aliphatic carbocycles. The second-order valence-corrected chi connectivity index (χ2v) is 6.63. The molecule has 2 amide bonds. The number of carbonyl (C=O) groups excluding carboxylic acids is 2. The van der Waals surface area contributed by atoms with Crippen molar-refractivity contribution in [2.45, 2.75) is 37.1 Å². The van der Waals surface area contributed by atoms with Gasteiger partial charge >= 0.3 is 6.09 Å². The molecule has 126 valence electrons. The van der Waals surface area contributed by atoms with Crippen molar-refractivity contribution in [3.63, 3.8) is 0 Å². The first-order valence-corrected chi connectivity index (χ1v) is 9.06. The summed E-state index contributed by atoms with van der Waals surface area (Å²) in [4.78, 5) is 26.5. The summed E-state index contributed by atoms with van der Waals surface area (Å²) in [6, 6.07) is 10.2. The van der Waals surface area contributed by atoms with Crippen LogP contribution in [-0.2, 0) is 9.53 Å². The Labute approximate surface area is 141 Å². The van der Waals surface area contributed by atoms with Crippen LogP contribution in [0.5, 0.6) is 0 Å². The first-order chi connectivity index (χ1) is 11.2. The molecule has 0 saturated carbocycles. The minimum absolute atomic E-state index is 0.0497. The zero-order valence-corrected chi connectivity index (χ0v) is 14.3. The molecule has 1 fully saturated rings. The van der Waals surface area contributed by atoms with Gasteiger partial charge in [-0.25, -0.2) is 4.79 Å². The third kappa shape index (κ3) is 6.14. The fourth-order valence-electron chi connectivity index (χ4n) is 2.50. The van der Waals surface area contributed by atoms with E-state index < -0.39 is 0 Å². The van der Waals surface area contributed by atoms with E-state index in [4.69, 9.17) is 4.74 Å². The summed E-state index contributed by atoms with van der Waals surface area (Å²) >= 11 is 1.77. The number of ether oxygens (including phenoxy) is 1. The zero-order valence-electron chi connectivity index (χ0n) is 13.5. The molecule has 1 aliphatic heterocycles. The van der Waals surface area contributed by atoms with Crippen LogP contribution in [0.15, 0.2) is 35.2 Å². The number of nitrogens with zero attached hydrogens (tertiary/aromatic N) is 1. The highest BCUT2D eigenvalue weighted by Crippen LogP contribution is 2.18. The molecular formula is C17H24N2O3S. The normalized spacial score (nSPS) is 17.1. The molecule has 5 nitrogen and oxygen atoms in total. The van der Waals surface area contributed by atoms with Crippen LogP contribution in [0.4, 0.5) is 4.79 Å². The van der Waals surface area contributed by atoms with Crippen LogP contribution in [-0.4, -0.2) is 48.4 Å². The van der Waals surface area contributed by atoms with Gasteiger partial charge in [-0.2, -0.15) is 0 Å². The summed E-state index contributed by atoms with van der Waals surface area (Å²) in [6.45, 7) is 3.36. The number of amides is 2. The van der Waals surface area contributed by atoms with E-state index in [1.165, 1.54) is 4.90 Å². The van der Waals surface area contributed by atoms with E-state index in [0.717, 1.165) is 18.6 Å². The van der Waals surface area contributed by atoms with Gasteiger partial charge in [0.15, 0.2) is 0 Å². The molecule has 1 atom stereocenters. The lowest BCUT2D eigenvalue weighted by atomic mass is 10.2. The van der Waals surface area contributed by atoms with E-state index in [1.807, 2.05) is 18.2 Å². The van der Waals surface area contributed by atoms with E-state index in [-0.39, 0.29) is 18.0 Å². The molecule has 0 radical (unpaired) electrons. The molecule has 1 saturated heterocycles. The third-order valence-corrected chi connectivity index (χ3v) is 4.74. The van der Waals surface area contributed by atoms with Gasteiger partial charge in [0, 0.05) is 30.4 Å². The van der Waals surface area contributed by atoms with E-state index in [9.17, 15) is 9.59 Å². The zero-order chi connectivity index (χ0) is 16.5. The number of rotatable bonds is 7. The second kappa shape index (κ2) is 9.45. The lowest BCUT2D eigenvalue weighted by molar-refractivity contribution is -0.121. The van der Waals surface area contributed by atoms with Crippen LogP contribution < -0.4 is 5.32 Å². The number of hydrogen-bond acceptors (Lipinski definition) is 4. The number of benzene rings is 1. The minimum atomic E-state index is -0.288. The molecule has 1 N–H and O–H groups in total. The first-order valence-electron chi connectivity index (χ1n) is 8.08. The van der Waals surface area contributed by atoms with Crippen LogP contribution in [0.1, 0.15) is 26.2 Å². The summed E-state index contributed by atoms with van der Waals surface area (Å²) in [5.74, 6) is 0.992. The van der Waals surface area contributed by atoms with Gasteiger partial charge < -0.3 is 15.0 Å². The predicted octanol–water partition coefficient (Wildman–Crippen LogP) is 2.91. The van der Waals surface area contributed by atoms with Crippen LogP contribution in [0.3, 0.4) is 0 Å². The number of nitrogens with one attached hydrogen (secondary N) is 1. The van der Waals surface area contributed by atoms with Crippen LogP contribution in [0.25, 0.3) is 0 Å². The fourth-order valence-corrected chi connectivity index (χ4v) is 3.37. The standard InChI is InChI=1S/C17H24N2O3S/c1-2-22-17(21)19-11-10-14(13-19)18-16(20)9-6-12-23-15-7-4-3-5-8-15/h3-5,7-8,14H,2,6,9-13H2,1H3,(H,18,20)/t14-/m1/s1. The molecule has 0 aromatic heterocycles. The predicted molar refractivity (Wildman–Crippen MR) is 91.5 cm³/mol. The highest BCUT2D eigenvalue weighted by atomic mass is 32.2. The first kappa shape index (κ1) is 17.7. The van der Waals surface area contributed by atoms with Crippen molar-refractivity contribution in [1.29, 1.82) is 0 Å². The highest BCUT2D eigenvalue weighted by Gasteiger charge is 2.27. The Bertz CT molecular complexity index is 510. The Morgan fingerprint density at radius 2 is 2.13 bits per heavy atom. The molecule has 1 aromatic rings. The summed E-state index contributed by atoms with van der Waals surface area (Å²) < 4.78 is 4.97. The quantitative estimate of drug-likeness (QED) is 0.614. The summed E-state index contributed by atoms with van der Waals surface area (Å²) in [5, 5.41) is 3.01. The van der Waals surface area contributed by atoms with Crippen molar-refractivity contribution in [2.24, 2.45) is 0 Å². The Hall–Kier alpha value is -1.69. The van der Waals surface area contributed by atoms with Crippen molar-refractivity contribution in [1.82, 2.24) is 10.2 Å². The average Bonchev–Trinajstić information content (AvgIpc) is 3.01. The van der Waals surface area contributed by atoms with E-state index in [1.54, 1.807) is 23.6 Å². The minimum Gasteiger partial charge on any atom is -0.450 e. The number of hydrogen-bond donors (Lipinski definition) is 1. The second-order valence-electron chi connectivity index (χ2n) is 5.46. The van der Waals surface area contributed by atoms with Crippen molar-refractivity contribution < 1.29 is 14.3 Å². The smallest absolute Gasteiger partial charge is 0.409 e. The maximum Gasteiger partial charge on any atom is 0.409 e. The monoisotopic (exact) mass is 336 g/mol. The number of carbonyl (C=O) groups is 2.